The zero-order valence-corrected chi connectivity index (χ0v) is 20.6. The Hall–Kier alpha value is -3.76. The minimum Gasteiger partial charge on any atom is -0.483 e. The quantitative estimate of drug-likeness (QED) is 0.468. The molecule has 0 amide bonds. The van der Waals surface area contributed by atoms with E-state index in [1.165, 1.54) is 0 Å². The van der Waals surface area contributed by atoms with Gasteiger partial charge in [-0.15, -0.1) is 10.2 Å². The van der Waals surface area contributed by atoms with E-state index in [1.807, 2.05) is 24.3 Å². The van der Waals surface area contributed by atoms with Crippen LogP contribution in [0.25, 0.3) is 0 Å². The minimum absolute atomic E-state index is 0.250. The van der Waals surface area contributed by atoms with Crippen LogP contribution in [0.1, 0.15) is 39.1 Å². The van der Waals surface area contributed by atoms with Crippen molar-refractivity contribution >= 4 is 0 Å². The van der Waals surface area contributed by atoms with Crippen molar-refractivity contribution in [2.24, 2.45) is 29.7 Å². The molecule has 1 aliphatic rings. The Morgan fingerprint density at radius 1 is 0.824 bits per heavy atom. The molecular weight excluding hydrogens is 436 g/mol. The number of hydrogen-bond donors (Lipinski definition) is 0. The van der Waals surface area contributed by atoms with Gasteiger partial charge in [0.2, 0.25) is 5.75 Å². The van der Waals surface area contributed by atoms with E-state index >= 15 is 0 Å². The maximum Gasteiger partial charge on any atom is 0.204 e. The summed E-state index contributed by atoms with van der Waals surface area (Å²) >= 11 is 0. The Morgan fingerprint density at radius 3 is 1.76 bits per heavy atom. The van der Waals surface area contributed by atoms with Crippen LogP contribution in [0, 0.1) is 5.41 Å². The number of benzene rings is 1. The van der Waals surface area contributed by atoms with Gasteiger partial charge < -0.3 is 14.2 Å². The summed E-state index contributed by atoms with van der Waals surface area (Å²) < 4.78 is 21.1. The maximum absolute atomic E-state index is 5.98. The summed E-state index contributed by atoms with van der Waals surface area (Å²) in [5, 5.41) is 23.9. The molecule has 11 nitrogen and oxygen atoms in total. The molecule has 3 heterocycles. The Bertz CT molecular complexity index is 1060. The monoisotopic (exact) mass is 468 g/mol. The molecule has 2 aromatic heterocycles. The number of aryl methyl sites for hydroxylation is 2. The lowest BCUT2D eigenvalue weighted by atomic mass is 10.0. The molecule has 0 atom stereocenters. The third-order valence-electron chi connectivity index (χ3n) is 3.97. The van der Waals surface area contributed by atoms with Gasteiger partial charge in [-0.2, -0.15) is 10.2 Å². The summed E-state index contributed by atoms with van der Waals surface area (Å²) in [7, 11) is 3.60. The van der Waals surface area contributed by atoms with Gasteiger partial charge in [-0.1, -0.05) is 44.2 Å². The van der Waals surface area contributed by atoms with Crippen molar-refractivity contribution in [2.45, 2.75) is 40.9 Å². The van der Waals surface area contributed by atoms with Crippen molar-refractivity contribution in [2.75, 3.05) is 13.2 Å². The number of nitrogens with zero attached hydrogens (tertiary/aromatic N) is 8. The number of para-hydroxylation sites is 1. The third kappa shape index (κ3) is 8.30. The highest BCUT2D eigenvalue weighted by molar-refractivity contribution is 5.51. The second-order valence-electron chi connectivity index (χ2n) is 9.34. The van der Waals surface area contributed by atoms with Crippen LogP contribution in [0.4, 0.5) is 0 Å². The SMILES string of the molecule is CC(C)(C)C.Cn1cc(COc2cccc(OCc3cn(C)nn3)c2OCC2=CCN=N2)nn1. The Balaban J connectivity index is 0.000000588. The van der Waals surface area contributed by atoms with E-state index in [2.05, 4.69) is 58.5 Å². The molecule has 11 heteroatoms. The molecule has 0 fully saturated rings. The zero-order chi connectivity index (χ0) is 24.6. The minimum atomic E-state index is 0.250. The summed E-state index contributed by atoms with van der Waals surface area (Å²) in [6.07, 6.45) is 5.49. The fourth-order valence-corrected chi connectivity index (χ4v) is 2.64. The summed E-state index contributed by atoms with van der Waals surface area (Å²) in [4.78, 5) is 0. The molecule has 1 aromatic carbocycles. The molecule has 34 heavy (non-hydrogen) atoms. The molecule has 3 aromatic rings. The van der Waals surface area contributed by atoms with Crippen molar-refractivity contribution in [3.8, 4) is 17.2 Å². The highest BCUT2D eigenvalue weighted by Crippen LogP contribution is 2.38. The molecule has 0 radical (unpaired) electrons. The lowest BCUT2D eigenvalue weighted by Crippen LogP contribution is -2.05. The van der Waals surface area contributed by atoms with Crippen LogP contribution >= 0.6 is 0 Å². The molecular formula is C23H32N8O3. The normalized spacial score (nSPS) is 12.7. The average Bonchev–Trinajstić information content (AvgIpc) is 3.51. The van der Waals surface area contributed by atoms with Crippen LogP contribution in [-0.4, -0.2) is 43.1 Å². The molecule has 0 aliphatic carbocycles. The van der Waals surface area contributed by atoms with Gasteiger partial charge in [-0.25, -0.2) is 0 Å². The summed E-state index contributed by atoms with van der Waals surface area (Å²) in [5.74, 6) is 1.54. The van der Waals surface area contributed by atoms with Crippen LogP contribution < -0.4 is 14.2 Å². The van der Waals surface area contributed by atoms with Crippen LogP contribution in [0.5, 0.6) is 17.2 Å². The van der Waals surface area contributed by atoms with Gasteiger partial charge in [0, 0.05) is 14.1 Å². The summed E-state index contributed by atoms with van der Waals surface area (Å²) in [5.41, 5.74) is 2.67. The van der Waals surface area contributed by atoms with Crippen LogP contribution in [0.15, 0.2) is 52.6 Å². The van der Waals surface area contributed by atoms with E-state index < -0.39 is 0 Å². The predicted octanol–water partition coefficient (Wildman–Crippen LogP) is 3.88. The van der Waals surface area contributed by atoms with Crippen molar-refractivity contribution in [1.82, 2.24) is 30.0 Å². The molecule has 1 aliphatic heterocycles. The molecule has 0 saturated heterocycles. The van der Waals surface area contributed by atoms with E-state index in [4.69, 9.17) is 14.2 Å². The van der Waals surface area contributed by atoms with E-state index in [-0.39, 0.29) is 19.8 Å². The van der Waals surface area contributed by atoms with Crippen molar-refractivity contribution in [3.63, 3.8) is 0 Å². The van der Waals surface area contributed by atoms with Crippen molar-refractivity contribution < 1.29 is 14.2 Å². The zero-order valence-electron chi connectivity index (χ0n) is 20.6. The Kier molecular flexibility index (Phi) is 8.34. The van der Waals surface area contributed by atoms with Crippen molar-refractivity contribution in [1.29, 1.82) is 0 Å². The van der Waals surface area contributed by atoms with Gasteiger partial charge in [-0.3, -0.25) is 9.36 Å². The number of hydrogen-bond acceptors (Lipinski definition) is 9. The average molecular weight is 469 g/mol. The lowest BCUT2D eigenvalue weighted by molar-refractivity contribution is 0.242. The van der Waals surface area contributed by atoms with Crippen LogP contribution in [-0.2, 0) is 27.3 Å². The molecule has 0 bridgehead atoms. The number of azo groups is 1. The van der Waals surface area contributed by atoms with Gasteiger partial charge in [0.15, 0.2) is 11.5 Å². The summed E-state index contributed by atoms with van der Waals surface area (Å²) in [6.45, 7) is 10.1. The number of ether oxygens (including phenoxy) is 3. The van der Waals surface area contributed by atoms with Gasteiger partial charge in [0.1, 0.15) is 31.2 Å². The predicted molar refractivity (Wildman–Crippen MR) is 126 cm³/mol. The second kappa shape index (κ2) is 11.4. The van der Waals surface area contributed by atoms with E-state index in [0.29, 0.717) is 40.6 Å². The fourth-order valence-electron chi connectivity index (χ4n) is 2.64. The second-order valence-corrected chi connectivity index (χ2v) is 9.34. The smallest absolute Gasteiger partial charge is 0.204 e. The first kappa shape index (κ1) is 24.9. The first-order chi connectivity index (χ1) is 16.2. The Morgan fingerprint density at radius 2 is 1.35 bits per heavy atom. The molecule has 0 unspecified atom stereocenters. The third-order valence-corrected chi connectivity index (χ3v) is 3.97. The van der Waals surface area contributed by atoms with Crippen molar-refractivity contribution in [3.05, 3.63) is 53.8 Å². The first-order valence-electron chi connectivity index (χ1n) is 11.0. The van der Waals surface area contributed by atoms with Crippen LogP contribution in [0.2, 0.25) is 0 Å². The Labute approximate surface area is 199 Å². The number of aromatic nitrogens is 6. The molecule has 0 saturated carbocycles. The highest BCUT2D eigenvalue weighted by Gasteiger charge is 2.16. The van der Waals surface area contributed by atoms with Gasteiger partial charge in [-0.05, 0) is 23.6 Å². The van der Waals surface area contributed by atoms with Gasteiger partial charge >= 0.3 is 0 Å². The molecule has 0 N–H and O–H groups in total. The van der Waals surface area contributed by atoms with Gasteiger partial charge in [0.05, 0.1) is 24.6 Å². The van der Waals surface area contributed by atoms with Crippen LogP contribution in [0.3, 0.4) is 0 Å². The summed E-state index contributed by atoms with van der Waals surface area (Å²) in [6, 6.07) is 5.45. The topological polar surface area (TPSA) is 114 Å². The maximum atomic E-state index is 5.98. The number of rotatable bonds is 9. The molecule has 0 spiro atoms. The van der Waals surface area contributed by atoms with E-state index in [1.54, 1.807) is 35.9 Å². The van der Waals surface area contributed by atoms with E-state index in [0.717, 1.165) is 5.70 Å². The molecule has 182 valence electrons. The van der Waals surface area contributed by atoms with E-state index in [9.17, 15) is 0 Å². The lowest BCUT2D eigenvalue weighted by Gasteiger charge is -2.16. The van der Waals surface area contributed by atoms with Gasteiger partial charge in [0.25, 0.3) is 0 Å². The fraction of sp³-hybridized carbons (Fsp3) is 0.478. The largest absolute Gasteiger partial charge is 0.483 e. The highest BCUT2D eigenvalue weighted by atomic mass is 16.5. The first-order valence-corrected chi connectivity index (χ1v) is 11.0. The molecule has 4 rings (SSSR count). The standard InChI is InChI=1S/C18H20N8O3.C5H12/c1-25-8-14(21-23-25)11-27-16-4-3-5-17(28-12-15-9-26(2)24-22-15)18(16)29-10-13-6-7-19-20-13;1-5(2,3)4/h3-6,8-9H,7,10-12H2,1-2H3;1-4H3.